The zero-order valence-electron chi connectivity index (χ0n) is 12.5. The molecule has 2 atom stereocenters. The van der Waals surface area contributed by atoms with Crippen LogP contribution < -0.4 is 0 Å². The van der Waals surface area contributed by atoms with Crippen molar-refractivity contribution in [3.63, 3.8) is 0 Å². The summed E-state index contributed by atoms with van der Waals surface area (Å²) in [7, 11) is 4.03. The average Bonchev–Trinajstić information content (AvgIpc) is 2.86. The van der Waals surface area contributed by atoms with E-state index in [0.717, 1.165) is 30.9 Å². The van der Waals surface area contributed by atoms with Gasteiger partial charge in [-0.3, -0.25) is 9.69 Å². The van der Waals surface area contributed by atoms with Gasteiger partial charge in [-0.15, -0.1) is 0 Å². The molecule has 1 aromatic heterocycles. The number of aryl methyl sites for hydroxylation is 1. The van der Waals surface area contributed by atoms with Crippen LogP contribution in [0.4, 0.5) is 0 Å². The molecule has 2 heterocycles. The lowest BCUT2D eigenvalue weighted by Crippen LogP contribution is -2.51. The molecule has 5 heteroatoms. The smallest absolute Gasteiger partial charge is 0.320 e. The third-order valence-corrected chi connectivity index (χ3v) is 4.13. The van der Waals surface area contributed by atoms with Crippen molar-refractivity contribution >= 4 is 5.97 Å². The average molecular weight is 280 g/mol. The third kappa shape index (κ3) is 3.41. The topological polar surface area (TPSA) is 56.9 Å². The van der Waals surface area contributed by atoms with Gasteiger partial charge in [0.2, 0.25) is 0 Å². The first-order valence-electron chi connectivity index (χ1n) is 7.22. The predicted molar refractivity (Wildman–Crippen MR) is 76.6 cm³/mol. The molecular formula is C15H24N2O3. The Morgan fingerprint density at radius 1 is 1.45 bits per heavy atom. The van der Waals surface area contributed by atoms with Crippen molar-refractivity contribution in [3.8, 4) is 0 Å². The van der Waals surface area contributed by atoms with E-state index in [4.69, 9.17) is 4.42 Å². The van der Waals surface area contributed by atoms with Gasteiger partial charge in [0.25, 0.3) is 0 Å². The fourth-order valence-electron chi connectivity index (χ4n) is 2.81. The van der Waals surface area contributed by atoms with E-state index in [-0.39, 0.29) is 0 Å². The number of rotatable bonds is 5. The third-order valence-electron chi connectivity index (χ3n) is 4.13. The van der Waals surface area contributed by atoms with Crippen LogP contribution in [0.2, 0.25) is 0 Å². The maximum atomic E-state index is 11.5. The second-order valence-electron chi connectivity index (χ2n) is 5.69. The molecule has 0 aliphatic carbocycles. The summed E-state index contributed by atoms with van der Waals surface area (Å²) in [5, 5.41) is 9.45. The van der Waals surface area contributed by atoms with Crippen LogP contribution in [0.5, 0.6) is 0 Å². The minimum Gasteiger partial charge on any atom is -0.480 e. The predicted octanol–water partition coefficient (Wildman–Crippen LogP) is 1.82. The number of furan rings is 1. The number of carboxylic acids is 1. The van der Waals surface area contributed by atoms with Gasteiger partial charge in [-0.05, 0) is 39.1 Å². The number of hydrogen-bond donors (Lipinski definition) is 1. The number of likely N-dealkylation sites (tertiary alicyclic amines) is 1. The van der Waals surface area contributed by atoms with Gasteiger partial charge >= 0.3 is 5.97 Å². The first-order valence-corrected chi connectivity index (χ1v) is 7.22. The van der Waals surface area contributed by atoms with Crippen LogP contribution in [-0.2, 0) is 17.8 Å². The Bertz CT molecular complexity index is 456. The molecular weight excluding hydrogens is 256 g/mol. The highest BCUT2D eigenvalue weighted by atomic mass is 16.4. The number of aliphatic carboxylic acids is 1. The van der Waals surface area contributed by atoms with Crippen LogP contribution in [0.1, 0.15) is 31.3 Å². The molecule has 0 amide bonds. The summed E-state index contributed by atoms with van der Waals surface area (Å²) in [6.07, 6.45) is 2.53. The molecule has 0 aromatic carbocycles. The van der Waals surface area contributed by atoms with E-state index >= 15 is 0 Å². The maximum absolute atomic E-state index is 11.5. The largest absolute Gasteiger partial charge is 0.480 e. The highest BCUT2D eigenvalue weighted by Crippen LogP contribution is 2.23. The van der Waals surface area contributed by atoms with Crippen molar-refractivity contribution < 1.29 is 14.3 Å². The molecule has 112 valence electrons. The van der Waals surface area contributed by atoms with Crippen molar-refractivity contribution in [1.82, 2.24) is 9.80 Å². The zero-order valence-corrected chi connectivity index (χ0v) is 12.5. The zero-order chi connectivity index (χ0) is 14.7. The second kappa shape index (κ2) is 6.41. The molecule has 1 fully saturated rings. The first kappa shape index (κ1) is 15.1. The van der Waals surface area contributed by atoms with E-state index in [1.54, 1.807) is 0 Å². The summed E-state index contributed by atoms with van der Waals surface area (Å²) in [6.45, 7) is 3.42. The second-order valence-corrected chi connectivity index (χ2v) is 5.69. The minimum atomic E-state index is -0.737. The standard InChI is InChI=1S/C15H24N2O3/c1-4-12-5-6-13(20-12)10-17-8-7-11(16(2)3)9-14(17)15(18)19/h5-6,11,14H,4,7-10H2,1-3H3,(H,18,19)/t11-,14+/m1/s1. The monoisotopic (exact) mass is 280 g/mol. The van der Waals surface area contributed by atoms with Crippen LogP contribution >= 0.6 is 0 Å². The Labute approximate surface area is 120 Å². The molecule has 1 aliphatic heterocycles. The lowest BCUT2D eigenvalue weighted by molar-refractivity contribution is -0.146. The number of nitrogens with zero attached hydrogens (tertiary/aromatic N) is 2. The molecule has 1 N–H and O–H groups in total. The first-order chi connectivity index (χ1) is 9.51. The van der Waals surface area contributed by atoms with E-state index in [1.807, 2.05) is 38.1 Å². The van der Waals surface area contributed by atoms with Gasteiger partial charge in [0.15, 0.2) is 0 Å². The SMILES string of the molecule is CCc1ccc(CN2CC[C@@H](N(C)C)C[C@H]2C(=O)O)o1. The lowest BCUT2D eigenvalue weighted by atomic mass is 9.96. The highest BCUT2D eigenvalue weighted by molar-refractivity contribution is 5.73. The van der Waals surface area contributed by atoms with Crippen molar-refractivity contribution in [2.45, 2.75) is 44.8 Å². The van der Waals surface area contributed by atoms with Gasteiger partial charge in [0.05, 0.1) is 6.54 Å². The molecule has 1 saturated heterocycles. The molecule has 2 rings (SSSR count). The Morgan fingerprint density at radius 2 is 2.15 bits per heavy atom. The lowest BCUT2D eigenvalue weighted by Gasteiger charge is -2.39. The Hall–Kier alpha value is -1.33. The fraction of sp³-hybridized carbons (Fsp3) is 0.667. The van der Waals surface area contributed by atoms with Crippen LogP contribution in [0.3, 0.4) is 0 Å². The quantitative estimate of drug-likeness (QED) is 0.891. The van der Waals surface area contributed by atoms with Crippen LogP contribution in [0.15, 0.2) is 16.5 Å². The van der Waals surface area contributed by atoms with E-state index in [9.17, 15) is 9.90 Å². The molecule has 0 unspecified atom stereocenters. The molecule has 0 spiro atoms. The van der Waals surface area contributed by atoms with Gasteiger partial charge in [0.1, 0.15) is 17.6 Å². The summed E-state index contributed by atoms with van der Waals surface area (Å²) < 4.78 is 5.69. The maximum Gasteiger partial charge on any atom is 0.320 e. The van der Waals surface area contributed by atoms with Gasteiger partial charge in [0, 0.05) is 19.0 Å². The van der Waals surface area contributed by atoms with E-state index < -0.39 is 12.0 Å². The number of carboxylic acid groups (broad SMARTS) is 1. The molecule has 20 heavy (non-hydrogen) atoms. The van der Waals surface area contributed by atoms with Gasteiger partial charge in [-0.2, -0.15) is 0 Å². The number of hydrogen-bond acceptors (Lipinski definition) is 4. The Morgan fingerprint density at radius 3 is 2.70 bits per heavy atom. The molecule has 1 aliphatic rings. The Balaban J connectivity index is 2.04. The fourth-order valence-corrected chi connectivity index (χ4v) is 2.81. The van der Waals surface area contributed by atoms with Crippen molar-refractivity contribution in [3.05, 3.63) is 23.7 Å². The van der Waals surface area contributed by atoms with E-state index in [2.05, 4.69) is 4.90 Å². The number of carbonyl (C=O) groups is 1. The summed E-state index contributed by atoms with van der Waals surface area (Å²) in [5.41, 5.74) is 0. The van der Waals surface area contributed by atoms with Gasteiger partial charge < -0.3 is 14.4 Å². The van der Waals surface area contributed by atoms with Gasteiger partial charge in [-0.1, -0.05) is 6.92 Å². The van der Waals surface area contributed by atoms with Gasteiger partial charge in [-0.25, -0.2) is 0 Å². The van der Waals surface area contributed by atoms with Crippen LogP contribution in [0.25, 0.3) is 0 Å². The molecule has 0 radical (unpaired) electrons. The van der Waals surface area contributed by atoms with Crippen molar-refractivity contribution in [1.29, 1.82) is 0 Å². The molecule has 0 saturated carbocycles. The summed E-state index contributed by atoms with van der Waals surface area (Å²) in [6, 6.07) is 3.84. The molecule has 1 aromatic rings. The highest BCUT2D eigenvalue weighted by Gasteiger charge is 2.34. The van der Waals surface area contributed by atoms with Crippen molar-refractivity contribution in [2.75, 3.05) is 20.6 Å². The molecule has 0 bridgehead atoms. The number of piperidine rings is 1. The van der Waals surface area contributed by atoms with E-state index in [1.165, 1.54) is 0 Å². The summed E-state index contributed by atoms with van der Waals surface area (Å²) in [5.74, 6) is 1.07. The van der Waals surface area contributed by atoms with Crippen LogP contribution in [0, 0.1) is 0 Å². The normalized spacial score (nSPS) is 24.2. The summed E-state index contributed by atoms with van der Waals surface area (Å²) in [4.78, 5) is 15.6. The Kier molecular flexibility index (Phi) is 4.83. The van der Waals surface area contributed by atoms with Crippen LogP contribution in [-0.4, -0.2) is 53.6 Å². The van der Waals surface area contributed by atoms with Crippen molar-refractivity contribution in [2.24, 2.45) is 0 Å². The minimum absolute atomic E-state index is 0.343. The van der Waals surface area contributed by atoms with E-state index in [0.29, 0.717) is 19.0 Å². The summed E-state index contributed by atoms with van der Waals surface area (Å²) >= 11 is 0. The molecule has 5 nitrogen and oxygen atoms in total.